The zero-order valence-electron chi connectivity index (χ0n) is 14.7. The van der Waals surface area contributed by atoms with Gasteiger partial charge < -0.3 is 20.6 Å². The van der Waals surface area contributed by atoms with Crippen LogP contribution in [-0.4, -0.2) is 33.9 Å². The van der Waals surface area contributed by atoms with E-state index < -0.39 is 17.2 Å². The molecule has 3 heterocycles. The molecular formula is C18H17F2N5O3. The number of nitrogens with one attached hydrogen (secondary N) is 1. The minimum atomic E-state index is -0.935. The van der Waals surface area contributed by atoms with Crippen LogP contribution < -0.4 is 21.5 Å². The Bertz CT molecular complexity index is 1080. The molecule has 1 aliphatic rings. The van der Waals surface area contributed by atoms with Gasteiger partial charge in [0.25, 0.3) is 0 Å². The minimum absolute atomic E-state index is 0.174. The molecule has 146 valence electrons. The van der Waals surface area contributed by atoms with Crippen molar-refractivity contribution in [3.8, 4) is 11.5 Å². The Morgan fingerprint density at radius 2 is 2.00 bits per heavy atom. The molecule has 4 rings (SSSR count). The lowest BCUT2D eigenvalue weighted by atomic mass is 10.1. The van der Waals surface area contributed by atoms with E-state index in [2.05, 4.69) is 15.3 Å². The Kier molecular flexibility index (Phi) is 4.78. The van der Waals surface area contributed by atoms with Crippen LogP contribution in [0.15, 0.2) is 35.3 Å². The summed E-state index contributed by atoms with van der Waals surface area (Å²) in [6.07, 6.45) is 3.14. The van der Waals surface area contributed by atoms with E-state index in [4.69, 9.17) is 15.3 Å². The molecule has 0 atom stereocenters. The highest BCUT2D eigenvalue weighted by atomic mass is 19.1. The molecule has 0 saturated carbocycles. The largest absolute Gasteiger partial charge is 0.448 e. The van der Waals surface area contributed by atoms with Gasteiger partial charge in [0, 0.05) is 36.9 Å². The second kappa shape index (κ2) is 7.39. The molecule has 3 N–H and O–H groups in total. The number of benzene rings is 1. The fourth-order valence-corrected chi connectivity index (χ4v) is 2.94. The topological polar surface area (TPSA) is 104 Å². The highest BCUT2D eigenvalue weighted by Gasteiger charge is 2.17. The molecule has 0 aliphatic carbocycles. The lowest BCUT2D eigenvalue weighted by Crippen LogP contribution is -2.30. The van der Waals surface area contributed by atoms with Crippen molar-refractivity contribution in [2.45, 2.75) is 18.9 Å². The molecule has 28 heavy (non-hydrogen) atoms. The number of ether oxygens (including phenoxy) is 2. The molecule has 0 unspecified atom stereocenters. The third kappa shape index (κ3) is 3.58. The zero-order chi connectivity index (χ0) is 19.7. The summed E-state index contributed by atoms with van der Waals surface area (Å²) in [4.78, 5) is 21.0. The molecule has 3 aromatic rings. The van der Waals surface area contributed by atoms with Gasteiger partial charge in [-0.1, -0.05) is 0 Å². The summed E-state index contributed by atoms with van der Waals surface area (Å²) in [5, 5.41) is 3.63. The van der Waals surface area contributed by atoms with Crippen LogP contribution in [0.25, 0.3) is 11.0 Å². The van der Waals surface area contributed by atoms with Gasteiger partial charge in [0.2, 0.25) is 5.95 Å². The molecule has 2 aromatic heterocycles. The second-order valence-corrected chi connectivity index (χ2v) is 6.36. The van der Waals surface area contributed by atoms with Gasteiger partial charge >= 0.3 is 5.56 Å². The maximum atomic E-state index is 13.8. The molecule has 0 radical (unpaired) electrons. The fraction of sp³-hybridized carbons (Fsp3) is 0.278. The Morgan fingerprint density at radius 1 is 1.21 bits per heavy atom. The van der Waals surface area contributed by atoms with Crippen LogP contribution in [0.4, 0.5) is 14.7 Å². The summed E-state index contributed by atoms with van der Waals surface area (Å²) in [5.74, 6) is 4.00. The number of fused-ring (bicyclic) bond motifs is 1. The first kappa shape index (κ1) is 18.1. The lowest BCUT2D eigenvalue weighted by molar-refractivity contribution is 0.0903. The SMILES string of the molecule is Nn1c(=O)c(Oc2ccc(F)cc2F)cc2cnc(NC3CCOCC3)nc21. The first-order valence-electron chi connectivity index (χ1n) is 8.66. The monoisotopic (exact) mass is 389 g/mol. The van der Waals surface area contributed by atoms with Gasteiger partial charge in [0.1, 0.15) is 5.82 Å². The van der Waals surface area contributed by atoms with Crippen LogP contribution in [0, 0.1) is 11.6 Å². The van der Waals surface area contributed by atoms with Crippen LogP contribution >= 0.6 is 0 Å². The standard InChI is InChI=1S/C18H17F2N5O3/c19-11-1-2-14(13(20)8-11)28-15-7-10-9-22-18(23-12-3-5-27-6-4-12)24-16(10)25(21)17(15)26/h1-2,7-9,12H,3-6,21H2,(H,22,23,24). The average molecular weight is 389 g/mol. The van der Waals surface area contributed by atoms with E-state index in [1.165, 1.54) is 12.3 Å². The van der Waals surface area contributed by atoms with Crippen molar-refractivity contribution in [1.29, 1.82) is 0 Å². The van der Waals surface area contributed by atoms with E-state index in [-0.39, 0.29) is 23.2 Å². The van der Waals surface area contributed by atoms with Gasteiger partial charge in [0.15, 0.2) is 23.0 Å². The molecule has 0 amide bonds. The highest BCUT2D eigenvalue weighted by Crippen LogP contribution is 2.25. The summed E-state index contributed by atoms with van der Waals surface area (Å²) < 4.78 is 38.3. The van der Waals surface area contributed by atoms with Crippen LogP contribution in [0.1, 0.15) is 12.8 Å². The Balaban J connectivity index is 1.66. The Morgan fingerprint density at radius 3 is 2.75 bits per heavy atom. The number of hydrogen-bond donors (Lipinski definition) is 2. The van der Waals surface area contributed by atoms with E-state index >= 15 is 0 Å². The fourth-order valence-electron chi connectivity index (χ4n) is 2.94. The van der Waals surface area contributed by atoms with Gasteiger partial charge in [-0.05, 0) is 31.0 Å². The van der Waals surface area contributed by atoms with Gasteiger partial charge in [-0.3, -0.25) is 4.79 Å². The van der Waals surface area contributed by atoms with Crippen molar-refractivity contribution in [3.05, 3.63) is 52.5 Å². The predicted octanol–water partition coefficient (Wildman–Crippen LogP) is 2.17. The van der Waals surface area contributed by atoms with E-state index in [0.29, 0.717) is 30.6 Å². The number of pyridine rings is 1. The van der Waals surface area contributed by atoms with Crippen molar-refractivity contribution in [2.24, 2.45) is 0 Å². The molecule has 0 bridgehead atoms. The zero-order valence-corrected chi connectivity index (χ0v) is 14.7. The molecule has 0 spiro atoms. The molecule has 10 heteroatoms. The highest BCUT2D eigenvalue weighted by molar-refractivity contribution is 5.77. The summed E-state index contributed by atoms with van der Waals surface area (Å²) in [7, 11) is 0. The predicted molar refractivity (Wildman–Crippen MR) is 97.8 cm³/mol. The number of rotatable bonds is 4. The molecular weight excluding hydrogens is 372 g/mol. The number of hydrogen-bond acceptors (Lipinski definition) is 7. The van der Waals surface area contributed by atoms with Gasteiger partial charge in [-0.25, -0.2) is 18.4 Å². The van der Waals surface area contributed by atoms with Gasteiger partial charge in [0.05, 0.1) is 0 Å². The Hall–Kier alpha value is -3.27. The van der Waals surface area contributed by atoms with E-state index in [1.54, 1.807) is 0 Å². The first-order valence-corrected chi connectivity index (χ1v) is 8.66. The quantitative estimate of drug-likeness (QED) is 0.659. The van der Waals surface area contributed by atoms with Crippen molar-refractivity contribution < 1.29 is 18.3 Å². The van der Waals surface area contributed by atoms with Crippen molar-refractivity contribution >= 4 is 17.0 Å². The maximum Gasteiger partial charge on any atom is 0.313 e. The van der Waals surface area contributed by atoms with Crippen LogP contribution in [0.5, 0.6) is 11.5 Å². The molecule has 8 nitrogen and oxygen atoms in total. The van der Waals surface area contributed by atoms with Crippen molar-refractivity contribution in [3.63, 3.8) is 0 Å². The third-order valence-electron chi connectivity index (χ3n) is 4.41. The molecule has 1 aliphatic heterocycles. The number of nitrogens with zero attached hydrogens (tertiary/aromatic N) is 3. The second-order valence-electron chi connectivity index (χ2n) is 6.36. The smallest absolute Gasteiger partial charge is 0.313 e. The number of nitrogen functional groups attached to an aromatic ring is 1. The van der Waals surface area contributed by atoms with Crippen LogP contribution in [0.2, 0.25) is 0 Å². The summed E-state index contributed by atoms with van der Waals surface area (Å²) >= 11 is 0. The molecule has 1 saturated heterocycles. The first-order chi connectivity index (χ1) is 13.5. The minimum Gasteiger partial charge on any atom is -0.448 e. The Labute approximate surface area is 157 Å². The maximum absolute atomic E-state index is 13.8. The molecule has 1 aromatic carbocycles. The van der Waals surface area contributed by atoms with Crippen molar-refractivity contribution in [1.82, 2.24) is 14.6 Å². The van der Waals surface area contributed by atoms with Crippen LogP contribution in [0.3, 0.4) is 0 Å². The van der Waals surface area contributed by atoms with Gasteiger partial charge in [-0.2, -0.15) is 4.98 Å². The number of halogens is 2. The van der Waals surface area contributed by atoms with Gasteiger partial charge in [-0.15, -0.1) is 0 Å². The molecule has 1 fully saturated rings. The van der Waals surface area contributed by atoms with Crippen molar-refractivity contribution in [2.75, 3.05) is 24.4 Å². The van der Waals surface area contributed by atoms with E-state index in [0.717, 1.165) is 29.7 Å². The summed E-state index contributed by atoms with van der Waals surface area (Å²) in [5.41, 5.74) is -0.520. The summed E-state index contributed by atoms with van der Waals surface area (Å²) in [6, 6.07) is 4.31. The average Bonchev–Trinajstić information content (AvgIpc) is 2.69. The summed E-state index contributed by atoms with van der Waals surface area (Å²) in [6.45, 7) is 1.32. The number of nitrogens with two attached hydrogens (primary N) is 1. The third-order valence-corrected chi connectivity index (χ3v) is 4.41. The lowest BCUT2D eigenvalue weighted by Gasteiger charge is -2.23. The van der Waals surface area contributed by atoms with E-state index in [9.17, 15) is 13.6 Å². The number of anilines is 1. The normalized spacial score (nSPS) is 14.9. The van der Waals surface area contributed by atoms with Crippen LogP contribution in [-0.2, 0) is 4.74 Å². The van der Waals surface area contributed by atoms with E-state index in [1.807, 2.05) is 0 Å². The number of aromatic nitrogens is 3.